The summed E-state index contributed by atoms with van der Waals surface area (Å²) < 4.78 is 10.1. The lowest BCUT2D eigenvalue weighted by Gasteiger charge is -2.32. The summed E-state index contributed by atoms with van der Waals surface area (Å²) in [6.07, 6.45) is -1.01. The van der Waals surface area contributed by atoms with Crippen molar-refractivity contribution in [3.8, 4) is 11.5 Å². The Hall–Kier alpha value is -2.58. The normalized spacial score (nSPS) is 31.9. The topological polar surface area (TPSA) is 134 Å². The fraction of sp³-hybridized carbons (Fsp3) is 0.375. The molecule has 4 N–H and O–H groups in total. The first kappa shape index (κ1) is 16.3. The second kappa shape index (κ2) is 5.81. The van der Waals surface area contributed by atoms with Gasteiger partial charge >= 0.3 is 11.9 Å². The number of carbonyl (C=O) groups is 2. The Morgan fingerprint density at radius 1 is 1.29 bits per heavy atom. The summed E-state index contributed by atoms with van der Waals surface area (Å²) in [6.45, 7) is 0. The molecule has 1 saturated carbocycles. The molecule has 0 aromatic heterocycles. The third kappa shape index (κ3) is 2.93. The SMILES string of the molecule is O=C(/C=C/c1ccc(O)c(O)c1)O[C@@H]1C(O)C[C@]2(O)CC1OC2=O. The summed E-state index contributed by atoms with van der Waals surface area (Å²) in [7, 11) is 0. The van der Waals surface area contributed by atoms with Crippen molar-refractivity contribution in [3.63, 3.8) is 0 Å². The summed E-state index contributed by atoms with van der Waals surface area (Å²) in [5, 5.41) is 38.5. The van der Waals surface area contributed by atoms with E-state index in [1.165, 1.54) is 24.3 Å². The number of aliphatic hydroxyl groups excluding tert-OH is 1. The molecule has 8 heteroatoms. The third-order valence-electron chi connectivity index (χ3n) is 4.13. The van der Waals surface area contributed by atoms with Gasteiger partial charge in [-0.05, 0) is 23.8 Å². The lowest BCUT2D eigenvalue weighted by Crippen LogP contribution is -2.50. The smallest absolute Gasteiger partial charge is 0.338 e. The molecule has 1 aliphatic heterocycles. The Kier molecular flexibility index (Phi) is 3.94. The lowest BCUT2D eigenvalue weighted by atomic mass is 9.82. The standard InChI is InChI=1S/C16H16O8/c17-9-3-1-8(5-10(9)18)2-4-13(20)24-14-11(19)6-16(22)7-12(14)23-15(16)21/h1-5,11-12,14,17-19,22H,6-7H2/b4-2+/t11?,12?,14-,16+/m1/s1. The lowest BCUT2D eigenvalue weighted by molar-refractivity contribution is -0.165. The minimum absolute atomic E-state index is 0.0314. The van der Waals surface area contributed by atoms with Crippen LogP contribution in [0.25, 0.3) is 6.08 Å². The van der Waals surface area contributed by atoms with Crippen LogP contribution in [0.5, 0.6) is 11.5 Å². The number of hydrogen-bond acceptors (Lipinski definition) is 8. The highest BCUT2D eigenvalue weighted by molar-refractivity contribution is 5.87. The van der Waals surface area contributed by atoms with Crippen LogP contribution in [0.4, 0.5) is 0 Å². The highest BCUT2D eigenvalue weighted by Crippen LogP contribution is 2.39. The minimum atomic E-state index is -1.72. The van der Waals surface area contributed by atoms with E-state index < -0.39 is 35.9 Å². The quantitative estimate of drug-likeness (QED) is 0.340. The van der Waals surface area contributed by atoms with E-state index in [2.05, 4.69) is 0 Å². The van der Waals surface area contributed by atoms with Gasteiger partial charge in [0.25, 0.3) is 0 Å². The summed E-state index contributed by atoms with van der Waals surface area (Å²) >= 11 is 0. The second-order valence-electron chi connectivity index (χ2n) is 5.93. The molecule has 24 heavy (non-hydrogen) atoms. The van der Waals surface area contributed by atoms with E-state index in [9.17, 15) is 30.0 Å². The number of aliphatic hydroxyl groups is 2. The van der Waals surface area contributed by atoms with Crippen molar-refractivity contribution in [2.45, 2.75) is 36.8 Å². The van der Waals surface area contributed by atoms with Gasteiger partial charge in [0.1, 0.15) is 6.10 Å². The monoisotopic (exact) mass is 336 g/mol. The molecule has 128 valence electrons. The zero-order valence-corrected chi connectivity index (χ0v) is 12.5. The first-order valence-electron chi connectivity index (χ1n) is 7.31. The third-order valence-corrected chi connectivity index (χ3v) is 4.13. The molecular weight excluding hydrogens is 320 g/mol. The van der Waals surface area contributed by atoms with Crippen molar-refractivity contribution >= 4 is 18.0 Å². The molecule has 3 rings (SSSR count). The number of phenolic OH excluding ortho intramolecular Hbond substituents is 2. The average molecular weight is 336 g/mol. The minimum Gasteiger partial charge on any atom is -0.504 e. The number of phenols is 2. The van der Waals surface area contributed by atoms with Gasteiger partial charge in [-0.3, -0.25) is 0 Å². The zero-order chi connectivity index (χ0) is 17.5. The Morgan fingerprint density at radius 2 is 2.04 bits per heavy atom. The van der Waals surface area contributed by atoms with Crippen molar-refractivity contribution in [2.75, 3.05) is 0 Å². The summed E-state index contributed by atoms with van der Waals surface area (Å²) in [4.78, 5) is 23.4. The Labute approximate surface area is 136 Å². The van der Waals surface area contributed by atoms with Crippen molar-refractivity contribution in [1.82, 2.24) is 0 Å². The second-order valence-corrected chi connectivity index (χ2v) is 5.93. The van der Waals surface area contributed by atoms with Crippen LogP contribution in [0.1, 0.15) is 18.4 Å². The maximum absolute atomic E-state index is 11.9. The van der Waals surface area contributed by atoms with Crippen LogP contribution in [0.15, 0.2) is 24.3 Å². The fourth-order valence-electron chi connectivity index (χ4n) is 2.90. The van der Waals surface area contributed by atoms with Gasteiger partial charge in [-0.2, -0.15) is 0 Å². The number of ether oxygens (including phenoxy) is 2. The van der Waals surface area contributed by atoms with E-state index in [1.54, 1.807) is 0 Å². The van der Waals surface area contributed by atoms with Crippen molar-refractivity contribution in [3.05, 3.63) is 29.8 Å². The van der Waals surface area contributed by atoms with E-state index in [1.807, 2.05) is 0 Å². The average Bonchev–Trinajstić information content (AvgIpc) is 2.76. The molecule has 1 aromatic carbocycles. The van der Waals surface area contributed by atoms with Gasteiger partial charge in [0.2, 0.25) is 0 Å². The maximum atomic E-state index is 11.9. The number of benzene rings is 1. The molecule has 0 amide bonds. The van der Waals surface area contributed by atoms with Crippen LogP contribution in [0, 0.1) is 0 Å². The molecule has 2 bridgehead atoms. The van der Waals surface area contributed by atoms with Gasteiger partial charge < -0.3 is 29.9 Å². The summed E-state index contributed by atoms with van der Waals surface area (Å²) in [5.41, 5.74) is -1.26. The van der Waals surface area contributed by atoms with Crippen LogP contribution in [0.3, 0.4) is 0 Å². The maximum Gasteiger partial charge on any atom is 0.338 e. The number of carbonyl (C=O) groups excluding carboxylic acids is 2. The first-order chi connectivity index (χ1) is 11.3. The number of fused-ring (bicyclic) bond motifs is 2. The molecule has 1 saturated heterocycles. The van der Waals surface area contributed by atoms with Crippen molar-refractivity contribution < 1.29 is 39.5 Å². The highest BCUT2D eigenvalue weighted by Gasteiger charge is 2.58. The first-order valence-corrected chi connectivity index (χ1v) is 7.31. The van der Waals surface area contributed by atoms with Crippen LogP contribution >= 0.6 is 0 Å². The van der Waals surface area contributed by atoms with E-state index in [-0.39, 0.29) is 24.3 Å². The van der Waals surface area contributed by atoms with Crippen LogP contribution in [-0.2, 0) is 19.1 Å². The number of hydrogen-bond donors (Lipinski definition) is 4. The predicted octanol–water partition coefficient (Wildman–Crippen LogP) is -0.166. The van der Waals surface area contributed by atoms with E-state index in [0.717, 1.165) is 6.08 Å². The molecule has 2 aliphatic rings. The number of esters is 2. The van der Waals surface area contributed by atoms with Gasteiger partial charge in [-0.15, -0.1) is 0 Å². The summed E-state index contributed by atoms with van der Waals surface area (Å²) in [6, 6.07) is 4.00. The highest BCUT2D eigenvalue weighted by atomic mass is 16.6. The molecule has 0 radical (unpaired) electrons. The summed E-state index contributed by atoms with van der Waals surface area (Å²) in [5.74, 6) is -2.21. The van der Waals surface area contributed by atoms with Gasteiger partial charge in [-0.1, -0.05) is 6.07 Å². The Bertz CT molecular complexity index is 712. The largest absolute Gasteiger partial charge is 0.504 e. The van der Waals surface area contributed by atoms with Gasteiger partial charge in [0.05, 0.1) is 6.10 Å². The van der Waals surface area contributed by atoms with E-state index >= 15 is 0 Å². The fourth-order valence-corrected chi connectivity index (χ4v) is 2.90. The molecular formula is C16H16O8. The predicted molar refractivity (Wildman–Crippen MR) is 78.8 cm³/mol. The van der Waals surface area contributed by atoms with Crippen LogP contribution in [0.2, 0.25) is 0 Å². The molecule has 4 atom stereocenters. The molecule has 1 aromatic rings. The van der Waals surface area contributed by atoms with E-state index in [4.69, 9.17) is 9.47 Å². The number of aromatic hydroxyl groups is 2. The molecule has 2 unspecified atom stereocenters. The van der Waals surface area contributed by atoms with E-state index in [0.29, 0.717) is 5.56 Å². The van der Waals surface area contributed by atoms with Gasteiger partial charge in [0.15, 0.2) is 23.2 Å². The van der Waals surface area contributed by atoms with Crippen molar-refractivity contribution in [1.29, 1.82) is 0 Å². The molecule has 1 aliphatic carbocycles. The Morgan fingerprint density at radius 3 is 2.75 bits per heavy atom. The van der Waals surface area contributed by atoms with Gasteiger partial charge in [0, 0.05) is 18.9 Å². The zero-order valence-electron chi connectivity index (χ0n) is 12.5. The molecule has 2 fully saturated rings. The molecule has 0 spiro atoms. The van der Waals surface area contributed by atoms with Crippen LogP contribution < -0.4 is 0 Å². The number of rotatable bonds is 3. The molecule has 1 heterocycles. The van der Waals surface area contributed by atoms with Crippen molar-refractivity contribution in [2.24, 2.45) is 0 Å². The van der Waals surface area contributed by atoms with Gasteiger partial charge in [-0.25, -0.2) is 9.59 Å². The van der Waals surface area contributed by atoms with Crippen LogP contribution in [-0.4, -0.2) is 56.3 Å². The Balaban J connectivity index is 1.65. The molecule has 8 nitrogen and oxygen atoms in total.